The van der Waals surface area contributed by atoms with Gasteiger partial charge in [-0.3, -0.25) is 24.0 Å². The third-order valence-electron chi connectivity index (χ3n) is 7.17. The molecule has 0 aliphatic carbocycles. The number of aromatic nitrogens is 2. The zero-order valence-corrected chi connectivity index (χ0v) is 22.7. The number of carbonyl (C=O) groups excluding carboxylic acids is 3. The summed E-state index contributed by atoms with van der Waals surface area (Å²) in [5.41, 5.74) is -2.39. The molecule has 0 spiro atoms. The first-order valence-electron chi connectivity index (χ1n) is 12.7. The van der Waals surface area contributed by atoms with E-state index in [2.05, 4.69) is 15.2 Å². The predicted molar refractivity (Wildman–Crippen MR) is 138 cm³/mol. The Morgan fingerprint density at radius 2 is 1.75 bits per heavy atom. The lowest BCUT2D eigenvalue weighted by Crippen LogP contribution is -2.51. The van der Waals surface area contributed by atoms with Gasteiger partial charge in [-0.05, 0) is 30.3 Å². The number of fused-ring (bicyclic) bond motifs is 3. The van der Waals surface area contributed by atoms with Crippen LogP contribution in [0, 0.1) is 11.3 Å². The van der Waals surface area contributed by atoms with E-state index in [0.29, 0.717) is 12.1 Å². The van der Waals surface area contributed by atoms with E-state index in [1.54, 1.807) is 0 Å². The average Bonchev–Trinajstić information content (AvgIpc) is 3.56. The molecule has 2 aliphatic heterocycles. The van der Waals surface area contributed by atoms with Crippen LogP contribution in [-0.4, -0.2) is 65.0 Å². The molecule has 1 N–H and O–H groups in total. The molecule has 0 bridgehead atoms. The molecule has 1 aromatic heterocycles. The van der Waals surface area contributed by atoms with Gasteiger partial charge >= 0.3 is 12.5 Å². The number of carbonyl (C=O) groups is 3. The number of alkyl halides is 6. The highest BCUT2D eigenvalue weighted by Gasteiger charge is 2.49. The number of methoxy groups -OCH3 is 1. The fourth-order valence-electron chi connectivity index (χ4n) is 5.25. The van der Waals surface area contributed by atoms with Crippen molar-refractivity contribution in [2.24, 2.45) is 0 Å². The first kappa shape index (κ1) is 30.2. The third-order valence-corrected chi connectivity index (χ3v) is 7.17. The number of likely N-dealkylation sites (tertiary alicyclic amines) is 1. The highest BCUT2D eigenvalue weighted by atomic mass is 19.4. The maximum Gasteiger partial charge on any atom is 0.573 e. The lowest BCUT2D eigenvalue weighted by Gasteiger charge is -2.37. The quantitative estimate of drug-likeness (QED) is 0.419. The van der Waals surface area contributed by atoms with E-state index in [0.717, 1.165) is 17.2 Å². The van der Waals surface area contributed by atoms with Crippen LogP contribution in [-0.2, 0) is 11.0 Å². The van der Waals surface area contributed by atoms with Gasteiger partial charge in [0.25, 0.3) is 11.8 Å². The van der Waals surface area contributed by atoms with Crippen molar-refractivity contribution < 1.29 is 50.2 Å². The van der Waals surface area contributed by atoms with E-state index in [9.17, 15) is 46.0 Å². The van der Waals surface area contributed by atoms with Gasteiger partial charge in [0.1, 0.15) is 17.6 Å². The normalized spacial score (nSPS) is 17.9. The molecule has 2 aromatic carbocycles. The van der Waals surface area contributed by atoms with Gasteiger partial charge in [0.05, 0.1) is 42.2 Å². The Labute approximate surface area is 244 Å². The van der Waals surface area contributed by atoms with E-state index < -0.39 is 53.7 Å². The summed E-state index contributed by atoms with van der Waals surface area (Å²) in [6.45, 7) is 1.16. The minimum Gasteiger partial charge on any atom is -0.495 e. The van der Waals surface area contributed by atoms with E-state index in [1.165, 1.54) is 41.8 Å². The maximum absolute atomic E-state index is 14.0. The van der Waals surface area contributed by atoms with E-state index in [-0.39, 0.29) is 47.0 Å². The molecule has 230 valence electrons. The van der Waals surface area contributed by atoms with Crippen molar-refractivity contribution in [3.63, 3.8) is 0 Å². The van der Waals surface area contributed by atoms with Crippen molar-refractivity contribution in [2.45, 2.75) is 31.5 Å². The lowest BCUT2D eigenvalue weighted by atomic mass is 10.0. The topological polar surface area (TPSA) is 130 Å². The van der Waals surface area contributed by atoms with Gasteiger partial charge < -0.3 is 19.7 Å². The third kappa shape index (κ3) is 5.45. The molecule has 3 amide bonds. The van der Waals surface area contributed by atoms with Gasteiger partial charge in [0.2, 0.25) is 5.91 Å². The Hall–Kier alpha value is -5.27. The summed E-state index contributed by atoms with van der Waals surface area (Å²) < 4.78 is 89.9. The highest BCUT2D eigenvalue weighted by Crippen LogP contribution is 2.44. The first-order chi connectivity index (χ1) is 20.6. The number of amides is 3. The van der Waals surface area contributed by atoms with Crippen molar-refractivity contribution in [3.05, 3.63) is 65.0 Å². The monoisotopic (exact) mass is 622 g/mol. The second-order valence-corrected chi connectivity index (χ2v) is 9.79. The molecule has 3 heterocycles. The Morgan fingerprint density at radius 3 is 2.36 bits per heavy atom. The molecule has 11 nitrogen and oxygen atoms in total. The van der Waals surface area contributed by atoms with Crippen molar-refractivity contribution in [3.8, 4) is 17.6 Å². The standard InChI is InChI=1S/C27H20F6N6O5/c1-13(40)37-11-19-20(12-37)39-23(18(10-35-39)36-24(41)14-3-6-21(43-2)15(7-14)9-34)25(42)38(19)16-4-5-17(26(28,29)30)22(8-16)44-27(31,32)33/h3-8,10,19-20H,11-12H2,1-2H3,(H,36,41)/t19-,20-/m0/s1. The number of anilines is 2. The lowest BCUT2D eigenvalue weighted by molar-refractivity contribution is -0.276. The van der Waals surface area contributed by atoms with Gasteiger partial charge in [-0.2, -0.15) is 23.5 Å². The van der Waals surface area contributed by atoms with Crippen LogP contribution in [0.15, 0.2) is 42.6 Å². The van der Waals surface area contributed by atoms with Crippen LogP contribution in [0.2, 0.25) is 0 Å². The fraction of sp³-hybridized carbons (Fsp3) is 0.296. The summed E-state index contributed by atoms with van der Waals surface area (Å²) in [6, 6.07) is 5.80. The van der Waals surface area contributed by atoms with Gasteiger partial charge in [-0.15, -0.1) is 13.2 Å². The average molecular weight is 622 g/mol. The van der Waals surface area contributed by atoms with Crippen LogP contribution in [0.1, 0.15) is 44.9 Å². The van der Waals surface area contributed by atoms with Crippen LogP contribution in [0.25, 0.3) is 0 Å². The Morgan fingerprint density at radius 1 is 1.05 bits per heavy atom. The molecule has 1 saturated heterocycles. The maximum atomic E-state index is 14.0. The van der Waals surface area contributed by atoms with Crippen molar-refractivity contribution in [1.29, 1.82) is 5.26 Å². The molecule has 0 radical (unpaired) electrons. The fourth-order valence-corrected chi connectivity index (χ4v) is 5.25. The summed E-state index contributed by atoms with van der Waals surface area (Å²) >= 11 is 0. The van der Waals surface area contributed by atoms with Crippen molar-refractivity contribution >= 4 is 29.1 Å². The largest absolute Gasteiger partial charge is 0.573 e. The molecular formula is C27H20F6N6O5. The van der Waals surface area contributed by atoms with Crippen molar-refractivity contribution in [1.82, 2.24) is 14.7 Å². The summed E-state index contributed by atoms with van der Waals surface area (Å²) in [5.74, 6) is -3.43. The molecule has 3 aromatic rings. The van der Waals surface area contributed by atoms with Crippen LogP contribution >= 0.6 is 0 Å². The summed E-state index contributed by atoms with van der Waals surface area (Å²) in [7, 11) is 1.34. The van der Waals surface area contributed by atoms with Gasteiger partial charge in [-0.25, -0.2) is 0 Å². The second kappa shape index (κ2) is 10.8. The number of nitrogens with zero attached hydrogens (tertiary/aromatic N) is 5. The van der Waals surface area contributed by atoms with Crippen molar-refractivity contribution in [2.75, 3.05) is 30.4 Å². The summed E-state index contributed by atoms with van der Waals surface area (Å²) in [5, 5.41) is 16.1. The molecule has 2 atom stereocenters. The van der Waals surface area contributed by atoms with Crippen LogP contribution in [0.4, 0.5) is 37.7 Å². The molecule has 17 heteroatoms. The number of hydrogen-bond donors (Lipinski definition) is 1. The summed E-state index contributed by atoms with van der Waals surface area (Å²) in [6.07, 6.45) is -9.54. The number of nitrogens with one attached hydrogen (secondary N) is 1. The minimum absolute atomic E-state index is 0.00238. The van der Waals surface area contributed by atoms with Gasteiger partial charge in [0.15, 0.2) is 5.69 Å². The summed E-state index contributed by atoms with van der Waals surface area (Å²) in [4.78, 5) is 41.6. The van der Waals surface area contributed by atoms with Gasteiger partial charge in [-0.1, -0.05) is 0 Å². The SMILES string of the molecule is COc1ccc(C(=O)Nc2cnn3c2C(=O)N(c2ccc(C(F)(F)F)c(OC(F)(F)F)c2)[C@H]2CN(C(C)=O)C[C@@H]23)cc1C#N. The Balaban J connectivity index is 1.58. The first-order valence-corrected chi connectivity index (χ1v) is 12.7. The number of rotatable bonds is 5. The molecule has 0 saturated carbocycles. The zero-order chi connectivity index (χ0) is 32.1. The Kier molecular flexibility index (Phi) is 7.40. The Bertz CT molecular complexity index is 1710. The van der Waals surface area contributed by atoms with Crippen LogP contribution in [0.5, 0.6) is 11.5 Å². The molecule has 2 aliphatic rings. The molecular weight excluding hydrogens is 602 g/mol. The second-order valence-electron chi connectivity index (χ2n) is 9.79. The minimum atomic E-state index is -5.48. The molecule has 5 rings (SSSR count). The highest BCUT2D eigenvalue weighted by molar-refractivity contribution is 6.13. The number of halogens is 6. The molecule has 0 unspecified atom stereocenters. The van der Waals surface area contributed by atoms with Crippen LogP contribution < -0.4 is 19.7 Å². The predicted octanol–water partition coefficient (Wildman–Crippen LogP) is 4.37. The zero-order valence-electron chi connectivity index (χ0n) is 22.7. The van der Waals surface area contributed by atoms with Crippen LogP contribution in [0.3, 0.4) is 0 Å². The molecule has 44 heavy (non-hydrogen) atoms. The number of hydrogen-bond acceptors (Lipinski definition) is 7. The van der Waals surface area contributed by atoms with E-state index >= 15 is 0 Å². The van der Waals surface area contributed by atoms with E-state index in [4.69, 9.17) is 4.74 Å². The number of benzene rings is 2. The number of nitriles is 1. The number of ether oxygens (including phenoxy) is 2. The van der Waals surface area contributed by atoms with Gasteiger partial charge in [0, 0.05) is 37.3 Å². The smallest absolute Gasteiger partial charge is 0.495 e. The molecule has 1 fully saturated rings. The van der Waals surface area contributed by atoms with E-state index in [1.807, 2.05) is 6.07 Å².